The topological polar surface area (TPSA) is 122 Å². The van der Waals surface area contributed by atoms with E-state index in [1.165, 1.54) is 46.0 Å². The molecule has 0 bridgehead atoms. The van der Waals surface area contributed by atoms with Crippen molar-refractivity contribution in [2.75, 3.05) is 0 Å². The van der Waals surface area contributed by atoms with Crippen molar-refractivity contribution < 1.29 is 26.3 Å². The molecule has 0 amide bonds. The van der Waals surface area contributed by atoms with Gasteiger partial charge in [-0.2, -0.15) is 10.2 Å². The first kappa shape index (κ1) is 24.4. The smallest absolute Gasteiger partial charge is 0.406 e. The van der Waals surface area contributed by atoms with E-state index in [2.05, 4.69) is 14.9 Å². The summed E-state index contributed by atoms with van der Waals surface area (Å²) in [6.07, 6.45) is 2.75. The minimum Gasteiger partial charge on any atom is -0.406 e. The number of hydrogen-bond donors (Lipinski definition) is 1. The molecule has 1 aliphatic rings. The second-order valence-corrected chi connectivity index (χ2v) is 9.63. The van der Waals surface area contributed by atoms with Crippen LogP contribution in [0, 0.1) is 5.92 Å². The average molecular weight is 507 g/mol. The van der Waals surface area contributed by atoms with Gasteiger partial charge in [0, 0.05) is 24.4 Å². The van der Waals surface area contributed by atoms with E-state index in [1.54, 1.807) is 32.1 Å². The molecule has 0 saturated carbocycles. The fourth-order valence-corrected chi connectivity index (χ4v) is 4.91. The van der Waals surface area contributed by atoms with Crippen LogP contribution in [0.1, 0.15) is 13.8 Å². The van der Waals surface area contributed by atoms with Crippen LogP contribution in [0.15, 0.2) is 76.7 Å². The van der Waals surface area contributed by atoms with Gasteiger partial charge in [0.2, 0.25) is 15.5 Å². The number of halogens is 3. The fraction of sp³-hybridized carbons (Fsp3) is 0.227. The van der Waals surface area contributed by atoms with Crippen LogP contribution < -0.4 is 15.3 Å². The van der Waals surface area contributed by atoms with Crippen LogP contribution >= 0.6 is 0 Å². The van der Waals surface area contributed by atoms with Crippen molar-refractivity contribution in [2.45, 2.75) is 25.7 Å². The van der Waals surface area contributed by atoms with E-state index in [0.717, 1.165) is 12.1 Å². The predicted octanol–water partition coefficient (Wildman–Crippen LogP) is 3.09. The molecule has 0 radical (unpaired) electrons. The lowest BCUT2D eigenvalue weighted by Crippen LogP contribution is -2.41. The maximum Gasteiger partial charge on any atom is 0.573 e. The SMILES string of the molecule is CC1C(S(N)(=O)=O)=CC=CC1(C)n1nccc1-c1nn(-c2ccc(OC(F)(F)F)cc2)ccc1=O. The van der Waals surface area contributed by atoms with Gasteiger partial charge < -0.3 is 4.74 Å². The summed E-state index contributed by atoms with van der Waals surface area (Å²) in [7, 11) is -3.97. The third kappa shape index (κ3) is 4.77. The van der Waals surface area contributed by atoms with E-state index in [4.69, 9.17) is 5.14 Å². The number of primary sulfonamides is 1. The highest BCUT2D eigenvalue weighted by Crippen LogP contribution is 2.39. The number of allylic oxidation sites excluding steroid dienone is 4. The Balaban J connectivity index is 1.75. The van der Waals surface area contributed by atoms with Crippen LogP contribution in [-0.4, -0.2) is 34.3 Å². The van der Waals surface area contributed by atoms with E-state index in [1.807, 2.05) is 0 Å². The van der Waals surface area contributed by atoms with Gasteiger partial charge in [-0.25, -0.2) is 18.2 Å². The molecule has 2 unspecified atom stereocenters. The van der Waals surface area contributed by atoms with Gasteiger partial charge in [0.1, 0.15) is 5.75 Å². The van der Waals surface area contributed by atoms with Gasteiger partial charge in [-0.3, -0.25) is 9.48 Å². The fourth-order valence-electron chi connectivity index (χ4n) is 3.91. The van der Waals surface area contributed by atoms with Gasteiger partial charge in [-0.15, -0.1) is 13.2 Å². The quantitative estimate of drug-likeness (QED) is 0.566. The molecule has 0 spiro atoms. The molecule has 4 rings (SSSR count). The molecular weight excluding hydrogens is 487 g/mol. The van der Waals surface area contributed by atoms with Crippen LogP contribution in [0.25, 0.3) is 17.1 Å². The number of rotatable bonds is 5. The number of benzene rings is 1. The average Bonchev–Trinajstić information content (AvgIpc) is 3.25. The van der Waals surface area contributed by atoms with E-state index in [0.29, 0.717) is 11.4 Å². The summed E-state index contributed by atoms with van der Waals surface area (Å²) in [6.45, 7) is 3.44. The molecule has 3 aromatic rings. The van der Waals surface area contributed by atoms with Gasteiger partial charge in [0.25, 0.3) is 0 Å². The maximum absolute atomic E-state index is 12.7. The Morgan fingerprint density at radius 2 is 1.83 bits per heavy atom. The minimum absolute atomic E-state index is 0.00847. The number of hydrogen-bond acceptors (Lipinski definition) is 6. The minimum atomic E-state index is -4.82. The largest absolute Gasteiger partial charge is 0.573 e. The number of alkyl halides is 3. The van der Waals surface area contributed by atoms with Crippen molar-refractivity contribution in [1.82, 2.24) is 19.6 Å². The highest BCUT2D eigenvalue weighted by atomic mass is 32.2. The van der Waals surface area contributed by atoms with E-state index in [-0.39, 0.29) is 10.6 Å². The first-order valence-electron chi connectivity index (χ1n) is 10.2. The highest BCUT2D eigenvalue weighted by molar-refractivity contribution is 7.93. The van der Waals surface area contributed by atoms with Crippen molar-refractivity contribution in [2.24, 2.45) is 11.1 Å². The molecule has 35 heavy (non-hydrogen) atoms. The first-order chi connectivity index (χ1) is 16.3. The van der Waals surface area contributed by atoms with Gasteiger partial charge in [-0.1, -0.05) is 19.1 Å². The molecule has 0 fully saturated rings. The van der Waals surface area contributed by atoms with Gasteiger partial charge in [0.05, 0.1) is 21.8 Å². The lowest BCUT2D eigenvalue weighted by Gasteiger charge is -2.37. The van der Waals surface area contributed by atoms with Gasteiger partial charge >= 0.3 is 6.36 Å². The number of nitrogens with two attached hydrogens (primary N) is 1. The van der Waals surface area contributed by atoms with Crippen molar-refractivity contribution in [3.63, 3.8) is 0 Å². The second kappa shape index (κ2) is 8.50. The number of nitrogens with zero attached hydrogens (tertiary/aromatic N) is 4. The Morgan fingerprint density at radius 1 is 1.14 bits per heavy atom. The van der Waals surface area contributed by atoms with Crippen LogP contribution in [0.2, 0.25) is 0 Å². The third-order valence-corrected chi connectivity index (χ3v) is 6.96. The molecule has 2 atom stereocenters. The highest BCUT2D eigenvalue weighted by Gasteiger charge is 2.40. The summed E-state index contributed by atoms with van der Waals surface area (Å²) in [4.78, 5) is 12.8. The van der Waals surface area contributed by atoms with Crippen LogP contribution in [0.5, 0.6) is 5.75 Å². The van der Waals surface area contributed by atoms with Crippen LogP contribution in [-0.2, 0) is 15.6 Å². The number of ether oxygens (including phenoxy) is 1. The van der Waals surface area contributed by atoms with Crippen molar-refractivity contribution in [3.8, 4) is 22.8 Å². The summed E-state index contributed by atoms with van der Waals surface area (Å²) in [5, 5.41) is 14.1. The van der Waals surface area contributed by atoms with Crippen molar-refractivity contribution >= 4 is 10.0 Å². The van der Waals surface area contributed by atoms with Crippen molar-refractivity contribution in [3.05, 3.63) is 82.1 Å². The molecule has 2 N–H and O–H groups in total. The molecular formula is C22H20F3N5O4S. The zero-order chi connectivity index (χ0) is 25.6. The predicted molar refractivity (Wildman–Crippen MR) is 121 cm³/mol. The van der Waals surface area contributed by atoms with Crippen LogP contribution in [0.3, 0.4) is 0 Å². The summed E-state index contributed by atoms with van der Waals surface area (Å²) in [6, 6.07) is 7.80. The summed E-state index contributed by atoms with van der Waals surface area (Å²) in [5.74, 6) is -1.02. The van der Waals surface area contributed by atoms with Gasteiger partial charge in [-0.05, 0) is 43.3 Å². The maximum atomic E-state index is 12.7. The normalized spacial score (nSPS) is 20.5. The first-order valence-corrected chi connectivity index (χ1v) is 11.8. The molecule has 1 aromatic carbocycles. The Kier molecular flexibility index (Phi) is 5.93. The monoisotopic (exact) mass is 507 g/mol. The molecule has 9 nitrogen and oxygen atoms in total. The standard InChI is InChI=1S/C22H20F3N5O4S/c1-14-19(35(26,32)33)4-3-11-21(14,2)30-17(9-12-27-30)20-18(31)10-13-29(28-20)15-5-7-16(8-6-15)34-22(23,24)25/h3-14H,1-2H3,(H2,26,32,33). The Bertz CT molecular complexity index is 1490. The molecule has 1 aliphatic carbocycles. The summed E-state index contributed by atoms with van der Waals surface area (Å²) >= 11 is 0. The molecule has 0 saturated heterocycles. The zero-order valence-corrected chi connectivity index (χ0v) is 19.3. The summed E-state index contributed by atoms with van der Waals surface area (Å²) < 4.78 is 68.1. The molecule has 0 aliphatic heterocycles. The zero-order valence-electron chi connectivity index (χ0n) is 18.5. The summed E-state index contributed by atoms with van der Waals surface area (Å²) in [5.41, 5.74) is -0.729. The second-order valence-electron chi connectivity index (χ2n) is 8.06. The molecule has 2 heterocycles. The Labute approximate surface area is 198 Å². The van der Waals surface area contributed by atoms with Crippen molar-refractivity contribution in [1.29, 1.82) is 0 Å². The van der Waals surface area contributed by atoms with Crippen LogP contribution in [0.4, 0.5) is 13.2 Å². The lowest BCUT2D eigenvalue weighted by atomic mass is 9.83. The number of aromatic nitrogens is 4. The van der Waals surface area contributed by atoms with E-state index in [9.17, 15) is 26.4 Å². The van der Waals surface area contributed by atoms with Gasteiger partial charge in [0.15, 0.2) is 5.69 Å². The Hall–Kier alpha value is -3.71. The van der Waals surface area contributed by atoms with E-state index < -0.39 is 39.0 Å². The third-order valence-electron chi connectivity index (χ3n) is 5.81. The molecule has 13 heteroatoms. The lowest BCUT2D eigenvalue weighted by molar-refractivity contribution is -0.274. The molecule has 2 aromatic heterocycles. The number of sulfonamides is 1. The van der Waals surface area contributed by atoms with E-state index >= 15 is 0 Å². The molecule has 184 valence electrons. The Morgan fingerprint density at radius 3 is 2.46 bits per heavy atom.